The van der Waals surface area contributed by atoms with Gasteiger partial charge in [-0.3, -0.25) is 4.72 Å². The van der Waals surface area contributed by atoms with Crippen LogP contribution in [0.5, 0.6) is 0 Å². The summed E-state index contributed by atoms with van der Waals surface area (Å²) in [6.45, 7) is 1.93. The number of anilines is 1. The lowest BCUT2D eigenvalue weighted by Crippen LogP contribution is -2.27. The van der Waals surface area contributed by atoms with Gasteiger partial charge in [0.1, 0.15) is 0 Å². The van der Waals surface area contributed by atoms with Crippen molar-refractivity contribution in [2.45, 2.75) is 29.2 Å². The second-order valence-electron chi connectivity index (χ2n) is 8.68. The number of para-hydroxylation sites is 1. The van der Waals surface area contributed by atoms with Gasteiger partial charge in [-0.05, 0) is 48.4 Å². The van der Waals surface area contributed by atoms with E-state index in [0.29, 0.717) is 17.0 Å². The van der Waals surface area contributed by atoms with Crippen LogP contribution >= 0.6 is 0 Å². The molecule has 1 aliphatic rings. The maximum absolute atomic E-state index is 13.7. The largest absolute Gasteiger partial charge is 0.279 e. The standard InChI is InChI=1S/C28H25N3O4S2/c1-21-12-8-9-17-24(21)28-20-27(29-31(28)37(34,35)23-15-6-3-7-16-23)25-18-10-11-19-26(25)30-36(32,33)22-13-4-2-5-14-22/h2-19,28,30H,20H2,1H3/t28-/m0/s1. The zero-order valence-corrected chi connectivity index (χ0v) is 21.7. The van der Waals surface area contributed by atoms with Gasteiger partial charge in [0.15, 0.2) is 0 Å². The number of nitrogens with zero attached hydrogens (tertiary/aromatic N) is 2. The van der Waals surface area contributed by atoms with Crippen molar-refractivity contribution in [2.24, 2.45) is 5.10 Å². The summed E-state index contributed by atoms with van der Waals surface area (Å²) in [5.74, 6) is 0. The predicted octanol–water partition coefficient (Wildman–Crippen LogP) is 5.34. The van der Waals surface area contributed by atoms with E-state index in [9.17, 15) is 16.8 Å². The number of hydrogen-bond donors (Lipinski definition) is 1. The minimum Gasteiger partial charge on any atom is -0.279 e. The Kier molecular flexibility index (Phi) is 6.57. The lowest BCUT2D eigenvalue weighted by atomic mass is 9.95. The minimum absolute atomic E-state index is 0.129. The monoisotopic (exact) mass is 531 g/mol. The molecule has 9 heteroatoms. The first-order valence-corrected chi connectivity index (χ1v) is 14.6. The number of hydrazone groups is 1. The van der Waals surface area contributed by atoms with E-state index < -0.39 is 26.1 Å². The van der Waals surface area contributed by atoms with Gasteiger partial charge in [-0.25, -0.2) is 8.42 Å². The van der Waals surface area contributed by atoms with Crippen molar-refractivity contribution in [2.75, 3.05) is 4.72 Å². The molecule has 188 valence electrons. The van der Waals surface area contributed by atoms with Crippen molar-refractivity contribution >= 4 is 31.4 Å². The summed E-state index contributed by atoms with van der Waals surface area (Å²) < 4.78 is 57.3. The van der Waals surface area contributed by atoms with Gasteiger partial charge in [-0.15, -0.1) is 0 Å². The van der Waals surface area contributed by atoms with Crippen LogP contribution in [-0.4, -0.2) is 27.0 Å². The number of rotatable bonds is 7. The third kappa shape index (κ3) is 4.87. The van der Waals surface area contributed by atoms with Crippen LogP contribution in [0.1, 0.15) is 29.2 Å². The molecule has 0 saturated heterocycles. The highest BCUT2D eigenvalue weighted by atomic mass is 32.2. The molecule has 37 heavy (non-hydrogen) atoms. The minimum atomic E-state index is -3.98. The Morgan fingerprint density at radius 1 is 0.730 bits per heavy atom. The molecule has 0 spiro atoms. The summed E-state index contributed by atoms with van der Waals surface area (Å²) in [6, 6.07) is 30.2. The molecule has 1 N–H and O–H groups in total. The number of hydrogen-bond acceptors (Lipinski definition) is 5. The average molecular weight is 532 g/mol. The van der Waals surface area contributed by atoms with E-state index in [-0.39, 0.29) is 16.2 Å². The normalized spacial score (nSPS) is 15.9. The molecule has 1 heterocycles. The molecule has 0 aromatic heterocycles. The average Bonchev–Trinajstić information content (AvgIpc) is 3.36. The van der Waals surface area contributed by atoms with Gasteiger partial charge in [0.25, 0.3) is 20.0 Å². The number of sulfonamides is 2. The highest BCUT2D eigenvalue weighted by Crippen LogP contribution is 2.39. The second kappa shape index (κ2) is 9.84. The molecule has 1 atom stereocenters. The topological polar surface area (TPSA) is 95.9 Å². The van der Waals surface area contributed by atoms with Crippen LogP contribution < -0.4 is 4.72 Å². The molecular weight excluding hydrogens is 506 g/mol. The zero-order chi connectivity index (χ0) is 26.0. The Balaban J connectivity index is 1.59. The molecule has 0 unspecified atom stereocenters. The van der Waals surface area contributed by atoms with Crippen molar-refractivity contribution in [1.82, 2.24) is 4.41 Å². The summed E-state index contributed by atoms with van der Waals surface area (Å²) >= 11 is 0. The van der Waals surface area contributed by atoms with Crippen molar-refractivity contribution in [1.29, 1.82) is 0 Å². The van der Waals surface area contributed by atoms with Crippen molar-refractivity contribution in [3.63, 3.8) is 0 Å². The molecule has 7 nitrogen and oxygen atoms in total. The fourth-order valence-electron chi connectivity index (χ4n) is 4.39. The Morgan fingerprint density at radius 2 is 1.30 bits per heavy atom. The van der Waals surface area contributed by atoms with E-state index in [1.165, 1.54) is 12.1 Å². The van der Waals surface area contributed by atoms with E-state index in [0.717, 1.165) is 15.5 Å². The first-order valence-electron chi connectivity index (χ1n) is 11.7. The molecule has 0 saturated carbocycles. The number of benzene rings is 4. The van der Waals surface area contributed by atoms with E-state index in [4.69, 9.17) is 0 Å². The van der Waals surface area contributed by atoms with Gasteiger partial charge >= 0.3 is 0 Å². The molecule has 0 fully saturated rings. The number of nitrogens with one attached hydrogen (secondary N) is 1. The SMILES string of the molecule is Cc1ccccc1[C@@H]1CC(c2ccccc2NS(=O)(=O)c2ccccc2)=NN1S(=O)(=O)c1ccccc1. The predicted molar refractivity (Wildman–Crippen MR) is 144 cm³/mol. The Labute approximate surface area is 217 Å². The zero-order valence-electron chi connectivity index (χ0n) is 20.0. The first kappa shape index (κ1) is 24.7. The van der Waals surface area contributed by atoms with Crippen LogP contribution in [0.25, 0.3) is 0 Å². The summed E-state index contributed by atoms with van der Waals surface area (Å²) in [6.07, 6.45) is 0.279. The third-order valence-electron chi connectivity index (χ3n) is 6.24. The molecule has 5 rings (SSSR count). The fraction of sp³-hybridized carbons (Fsp3) is 0.107. The van der Waals surface area contributed by atoms with Crippen LogP contribution in [0, 0.1) is 6.92 Å². The molecule has 0 radical (unpaired) electrons. The van der Waals surface area contributed by atoms with Crippen LogP contribution in [0.15, 0.2) is 124 Å². The molecule has 0 amide bonds. The molecule has 0 aliphatic carbocycles. The Hall–Kier alpha value is -3.95. The van der Waals surface area contributed by atoms with Gasteiger partial charge < -0.3 is 0 Å². The molecule has 4 aromatic carbocycles. The summed E-state index contributed by atoms with van der Waals surface area (Å²) in [5, 5.41) is 4.60. The van der Waals surface area contributed by atoms with E-state index in [2.05, 4.69) is 9.82 Å². The van der Waals surface area contributed by atoms with Gasteiger partial charge in [-0.2, -0.15) is 17.9 Å². The van der Waals surface area contributed by atoms with Gasteiger partial charge in [0, 0.05) is 12.0 Å². The summed E-state index contributed by atoms with van der Waals surface area (Å²) in [4.78, 5) is 0.265. The first-order chi connectivity index (χ1) is 17.8. The van der Waals surface area contributed by atoms with Crippen LogP contribution in [0.3, 0.4) is 0 Å². The van der Waals surface area contributed by atoms with Crippen molar-refractivity contribution in [3.8, 4) is 0 Å². The van der Waals surface area contributed by atoms with Crippen molar-refractivity contribution in [3.05, 3.63) is 126 Å². The van der Waals surface area contributed by atoms with Gasteiger partial charge in [0.05, 0.1) is 27.2 Å². The highest BCUT2D eigenvalue weighted by molar-refractivity contribution is 7.92. The molecule has 4 aromatic rings. The summed E-state index contributed by atoms with van der Waals surface area (Å²) in [5.41, 5.74) is 3.09. The quantitative estimate of drug-likeness (QED) is 0.348. The van der Waals surface area contributed by atoms with Crippen LogP contribution in [0.4, 0.5) is 5.69 Å². The lowest BCUT2D eigenvalue weighted by Gasteiger charge is -2.24. The van der Waals surface area contributed by atoms with Gasteiger partial charge in [-0.1, -0.05) is 78.9 Å². The van der Waals surface area contributed by atoms with E-state index in [1.807, 2.05) is 31.2 Å². The smallest absolute Gasteiger partial charge is 0.279 e. The van der Waals surface area contributed by atoms with Crippen LogP contribution in [-0.2, 0) is 20.0 Å². The molecular formula is C28H25N3O4S2. The third-order valence-corrected chi connectivity index (χ3v) is 9.32. The lowest BCUT2D eigenvalue weighted by molar-refractivity contribution is 0.370. The highest BCUT2D eigenvalue weighted by Gasteiger charge is 2.38. The summed E-state index contributed by atoms with van der Waals surface area (Å²) in [7, 11) is -7.84. The second-order valence-corrected chi connectivity index (χ2v) is 12.2. The Bertz CT molecular complexity index is 1670. The van der Waals surface area contributed by atoms with Gasteiger partial charge in [0.2, 0.25) is 0 Å². The number of aryl methyl sites for hydroxylation is 1. The maximum atomic E-state index is 13.7. The Morgan fingerprint density at radius 3 is 1.97 bits per heavy atom. The van der Waals surface area contributed by atoms with E-state index in [1.54, 1.807) is 72.8 Å². The molecule has 1 aliphatic heterocycles. The van der Waals surface area contributed by atoms with Crippen LogP contribution in [0.2, 0.25) is 0 Å². The molecule has 0 bridgehead atoms. The van der Waals surface area contributed by atoms with Crippen molar-refractivity contribution < 1.29 is 16.8 Å². The van der Waals surface area contributed by atoms with E-state index >= 15 is 0 Å². The fourth-order valence-corrected chi connectivity index (χ4v) is 6.94. The maximum Gasteiger partial charge on any atom is 0.279 e.